The van der Waals surface area contributed by atoms with Crippen molar-refractivity contribution in [3.05, 3.63) is 0 Å². The van der Waals surface area contributed by atoms with Gasteiger partial charge in [0.2, 0.25) is 17.7 Å². The molecule has 32 heavy (non-hydrogen) atoms. The van der Waals surface area contributed by atoms with Gasteiger partial charge in [-0.3, -0.25) is 14.4 Å². The van der Waals surface area contributed by atoms with Crippen molar-refractivity contribution in [3.63, 3.8) is 0 Å². The molecule has 0 aliphatic heterocycles. The predicted octanol–water partition coefficient (Wildman–Crippen LogP) is -2.09. The van der Waals surface area contributed by atoms with Gasteiger partial charge < -0.3 is 44.7 Å². The minimum Gasteiger partial charge on any atom is -0.480 e. The molecule has 13 nitrogen and oxygen atoms in total. The smallest absolute Gasteiger partial charge is 0.329 e. The fourth-order valence-corrected chi connectivity index (χ4v) is 1.98. The van der Waals surface area contributed by atoms with Gasteiger partial charge in [-0.15, -0.1) is 0 Å². The van der Waals surface area contributed by atoms with Crippen molar-refractivity contribution >= 4 is 23.7 Å². The number of hydrogen-bond acceptors (Lipinski definition) is 9. The summed E-state index contributed by atoms with van der Waals surface area (Å²) in [4.78, 5) is 44.6. The summed E-state index contributed by atoms with van der Waals surface area (Å²) >= 11 is 0. The Bertz CT molecular complexity index is 533. The first-order chi connectivity index (χ1) is 15.5. The third-order valence-electron chi connectivity index (χ3n) is 3.35. The molecule has 0 aromatic heterocycles. The number of carboxylic acid groups (broad SMARTS) is 1. The molecular formula is C19H35N3O10. The van der Waals surface area contributed by atoms with E-state index in [9.17, 15) is 19.2 Å². The Balaban J connectivity index is 3.36. The van der Waals surface area contributed by atoms with Crippen molar-refractivity contribution in [2.24, 2.45) is 0 Å². The number of ether oxygens (including phenoxy) is 5. The molecule has 13 heteroatoms. The number of rotatable bonds is 22. The fourth-order valence-electron chi connectivity index (χ4n) is 1.98. The van der Waals surface area contributed by atoms with E-state index < -0.39 is 18.5 Å². The van der Waals surface area contributed by atoms with Crippen molar-refractivity contribution < 1.29 is 48.0 Å². The third-order valence-corrected chi connectivity index (χ3v) is 3.35. The van der Waals surface area contributed by atoms with Crippen LogP contribution in [0.1, 0.15) is 13.3 Å². The van der Waals surface area contributed by atoms with E-state index in [-0.39, 0.29) is 57.9 Å². The van der Waals surface area contributed by atoms with Crippen molar-refractivity contribution in [2.75, 3.05) is 85.7 Å². The normalized spacial score (nSPS) is 10.5. The fraction of sp³-hybridized carbons (Fsp3) is 0.789. The quantitative estimate of drug-likeness (QED) is 0.130. The number of nitrogens with one attached hydrogen (secondary N) is 3. The highest BCUT2D eigenvalue weighted by atomic mass is 16.5. The van der Waals surface area contributed by atoms with Gasteiger partial charge in [-0.25, -0.2) is 4.79 Å². The number of hydrogen-bond donors (Lipinski definition) is 4. The number of carbonyl (C=O) groups excluding carboxylic acids is 3. The molecule has 0 atom stereocenters. The lowest BCUT2D eigenvalue weighted by Crippen LogP contribution is -2.34. The van der Waals surface area contributed by atoms with Gasteiger partial charge in [-0.2, -0.15) is 0 Å². The summed E-state index contributed by atoms with van der Waals surface area (Å²) < 4.78 is 25.4. The molecule has 4 N–H and O–H groups in total. The number of amides is 3. The van der Waals surface area contributed by atoms with E-state index in [1.54, 1.807) is 0 Å². The first-order valence-electron chi connectivity index (χ1n) is 10.4. The minimum atomic E-state index is -1.14. The second-order valence-corrected chi connectivity index (χ2v) is 6.27. The first-order valence-corrected chi connectivity index (χ1v) is 10.4. The van der Waals surface area contributed by atoms with E-state index >= 15 is 0 Å². The van der Waals surface area contributed by atoms with Crippen molar-refractivity contribution in [2.45, 2.75) is 13.3 Å². The van der Waals surface area contributed by atoms with Gasteiger partial charge in [0.25, 0.3) is 0 Å². The minimum absolute atomic E-state index is 0.204. The second kappa shape index (κ2) is 21.9. The van der Waals surface area contributed by atoms with Gasteiger partial charge in [0.05, 0.1) is 33.0 Å². The van der Waals surface area contributed by atoms with E-state index in [0.29, 0.717) is 33.0 Å². The molecule has 0 radical (unpaired) electrons. The van der Waals surface area contributed by atoms with E-state index in [2.05, 4.69) is 20.7 Å². The van der Waals surface area contributed by atoms with Crippen LogP contribution in [0.2, 0.25) is 0 Å². The summed E-state index contributed by atoms with van der Waals surface area (Å²) in [5, 5.41) is 16.1. The summed E-state index contributed by atoms with van der Waals surface area (Å²) in [6, 6.07) is 0. The second-order valence-electron chi connectivity index (χ2n) is 6.27. The molecule has 0 fully saturated rings. The number of aliphatic carboxylic acids is 1. The summed E-state index contributed by atoms with van der Waals surface area (Å²) in [5.41, 5.74) is 0. The van der Waals surface area contributed by atoms with Crippen LogP contribution in [0.15, 0.2) is 0 Å². The Hall–Kier alpha value is -2.32. The average Bonchev–Trinajstić information content (AvgIpc) is 2.74. The SMILES string of the molecule is CCCOCCNC(=O)COCC(=O)NCCOCCOCCNC(=O)COCC(=O)O. The number of carboxylic acids is 1. The Morgan fingerprint density at radius 3 is 1.31 bits per heavy atom. The molecule has 0 aromatic carbocycles. The van der Waals surface area contributed by atoms with Gasteiger partial charge in [0.1, 0.15) is 26.4 Å². The van der Waals surface area contributed by atoms with Crippen LogP contribution in [0.5, 0.6) is 0 Å². The summed E-state index contributed by atoms with van der Waals surface area (Å²) in [6.45, 7) is 3.91. The van der Waals surface area contributed by atoms with E-state index in [1.165, 1.54) is 0 Å². The molecule has 0 aliphatic carbocycles. The highest BCUT2D eigenvalue weighted by molar-refractivity contribution is 5.79. The van der Waals surface area contributed by atoms with E-state index in [4.69, 9.17) is 24.1 Å². The van der Waals surface area contributed by atoms with Crippen LogP contribution in [0.25, 0.3) is 0 Å². The Kier molecular flexibility index (Phi) is 20.3. The van der Waals surface area contributed by atoms with Crippen LogP contribution < -0.4 is 16.0 Å². The monoisotopic (exact) mass is 465 g/mol. The number of carbonyl (C=O) groups is 4. The molecule has 0 unspecified atom stereocenters. The zero-order valence-electron chi connectivity index (χ0n) is 18.5. The molecule has 0 bridgehead atoms. The highest BCUT2D eigenvalue weighted by Crippen LogP contribution is 1.82. The predicted molar refractivity (Wildman–Crippen MR) is 111 cm³/mol. The largest absolute Gasteiger partial charge is 0.480 e. The zero-order valence-corrected chi connectivity index (χ0v) is 18.5. The van der Waals surface area contributed by atoms with Crippen molar-refractivity contribution in [1.82, 2.24) is 16.0 Å². The summed E-state index contributed by atoms with van der Waals surface area (Å²) in [7, 11) is 0. The van der Waals surface area contributed by atoms with Gasteiger partial charge in [0, 0.05) is 26.2 Å². The zero-order chi connectivity index (χ0) is 23.9. The molecule has 0 heterocycles. The molecule has 3 amide bonds. The maximum absolute atomic E-state index is 11.6. The Morgan fingerprint density at radius 2 is 0.938 bits per heavy atom. The topological polar surface area (TPSA) is 171 Å². The lowest BCUT2D eigenvalue weighted by atomic mass is 10.5. The van der Waals surface area contributed by atoms with Crippen LogP contribution in [-0.4, -0.2) is 115 Å². The van der Waals surface area contributed by atoms with Gasteiger partial charge >= 0.3 is 5.97 Å². The molecule has 0 rings (SSSR count). The van der Waals surface area contributed by atoms with Gasteiger partial charge in [-0.05, 0) is 6.42 Å². The standard InChI is InChI=1S/C19H35N3O10/c1-2-6-28-7-3-20-16(23)12-31-13-17(24)21-4-8-29-10-11-30-9-5-22-18(25)14-32-15-19(26)27/h2-15H2,1H3,(H,20,23)(H,21,24)(H,22,25)(H,26,27). The van der Waals surface area contributed by atoms with Crippen LogP contribution >= 0.6 is 0 Å². The van der Waals surface area contributed by atoms with Gasteiger partial charge in [0.15, 0.2) is 0 Å². The molecule has 186 valence electrons. The van der Waals surface area contributed by atoms with E-state index in [0.717, 1.165) is 6.42 Å². The maximum atomic E-state index is 11.6. The molecule has 0 saturated carbocycles. The van der Waals surface area contributed by atoms with Crippen LogP contribution in [0, 0.1) is 0 Å². The van der Waals surface area contributed by atoms with Crippen molar-refractivity contribution in [3.8, 4) is 0 Å². The molecule has 0 spiro atoms. The molecule has 0 aromatic rings. The maximum Gasteiger partial charge on any atom is 0.329 e. The van der Waals surface area contributed by atoms with E-state index in [1.807, 2.05) is 6.92 Å². The Labute approximate surface area is 187 Å². The first kappa shape index (κ1) is 29.7. The Morgan fingerprint density at radius 1 is 0.562 bits per heavy atom. The summed E-state index contributed by atoms with van der Waals surface area (Å²) in [6.07, 6.45) is 0.919. The molecule has 0 aliphatic rings. The van der Waals surface area contributed by atoms with Crippen LogP contribution in [-0.2, 0) is 42.9 Å². The van der Waals surface area contributed by atoms with Crippen molar-refractivity contribution in [1.29, 1.82) is 0 Å². The van der Waals surface area contributed by atoms with Gasteiger partial charge in [-0.1, -0.05) is 6.92 Å². The van der Waals surface area contributed by atoms with Crippen LogP contribution in [0.4, 0.5) is 0 Å². The lowest BCUT2D eigenvalue weighted by molar-refractivity contribution is -0.143. The molecular weight excluding hydrogens is 430 g/mol. The highest BCUT2D eigenvalue weighted by Gasteiger charge is 2.05. The average molecular weight is 466 g/mol. The van der Waals surface area contributed by atoms with Crippen LogP contribution in [0.3, 0.4) is 0 Å². The third kappa shape index (κ3) is 22.4. The lowest BCUT2D eigenvalue weighted by Gasteiger charge is -2.09. The molecule has 0 saturated heterocycles. The summed E-state index contributed by atoms with van der Waals surface area (Å²) in [5.74, 6) is -2.24.